The number of carbonyl (C=O) groups is 1. The van der Waals surface area contributed by atoms with Crippen molar-refractivity contribution >= 4 is 5.91 Å². The van der Waals surface area contributed by atoms with Crippen LogP contribution < -0.4 is 0 Å². The standard InChI is InChI=1S/C11H17NO/c1-9-4-6-12(7-5-9)11(13)8-10-2-3-10/h4,10H,2-3,5-8H2,1H3. The normalized spacial score (nSPS) is 22.8. The van der Waals surface area contributed by atoms with Crippen molar-refractivity contribution in [2.75, 3.05) is 13.1 Å². The Balaban J connectivity index is 1.83. The fourth-order valence-corrected chi connectivity index (χ4v) is 1.70. The van der Waals surface area contributed by atoms with Crippen LogP contribution in [0.15, 0.2) is 11.6 Å². The van der Waals surface area contributed by atoms with E-state index >= 15 is 0 Å². The van der Waals surface area contributed by atoms with Gasteiger partial charge in [0, 0.05) is 19.5 Å². The van der Waals surface area contributed by atoms with Gasteiger partial charge in [0.1, 0.15) is 0 Å². The maximum absolute atomic E-state index is 11.7. The van der Waals surface area contributed by atoms with Crippen molar-refractivity contribution in [3.63, 3.8) is 0 Å². The number of amides is 1. The molecule has 0 radical (unpaired) electrons. The fourth-order valence-electron chi connectivity index (χ4n) is 1.70. The first-order valence-corrected chi connectivity index (χ1v) is 5.19. The number of rotatable bonds is 2. The summed E-state index contributed by atoms with van der Waals surface area (Å²) in [6, 6.07) is 0. The van der Waals surface area contributed by atoms with Crippen LogP contribution in [0, 0.1) is 5.92 Å². The van der Waals surface area contributed by atoms with Crippen LogP contribution in [0.3, 0.4) is 0 Å². The highest BCUT2D eigenvalue weighted by molar-refractivity contribution is 5.77. The van der Waals surface area contributed by atoms with Crippen molar-refractivity contribution in [1.82, 2.24) is 4.90 Å². The van der Waals surface area contributed by atoms with E-state index in [1.807, 2.05) is 4.90 Å². The molecular formula is C11H17NO. The first-order valence-electron chi connectivity index (χ1n) is 5.19. The Bertz CT molecular complexity index is 240. The van der Waals surface area contributed by atoms with E-state index in [2.05, 4.69) is 13.0 Å². The molecule has 0 aromatic heterocycles. The molecule has 0 unspecified atom stereocenters. The minimum absolute atomic E-state index is 0.367. The van der Waals surface area contributed by atoms with Crippen molar-refractivity contribution in [2.24, 2.45) is 5.92 Å². The van der Waals surface area contributed by atoms with Gasteiger partial charge in [-0.25, -0.2) is 0 Å². The zero-order valence-corrected chi connectivity index (χ0v) is 8.25. The summed E-state index contributed by atoms with van der Waals surface area (Å²) in [6.45, 7) is 3.92. The van der Waals surface area contributed by atoms with Gasteiger partial charge in [-0.1, -0.05) is 11.6 Å². The van der Waals surface area contributed by atoms with Crippen molar-refractivity contribution in [3.8, 4) is 0 Å². The number of hydrogen-bond donors (Lipinski definition) is 0. The molecule has 2 nitrogen and oxygen atoms in total. The topological polar surface area (TPSA) is 20.3 Å². The van der Waals surface area contributed by atoms with Crippen molar-refractivity contribution in [3.05, 3.63) is 11.6 Å². The molecule has 0 bridgehead atoms. The second-order valence-corrected chi connectivity index (χ2v) is 4.29. The summed E-state index contributed by atoms with van der Waals surface area (Å²) in [5.41, 5.74) is 1.43. The van der Waals surface area contributed by atoms with Crippen LogP contribution in [0.4, 0.5) is 0 Å². The predicted molar refractivity (Wildman–Crippen MR) is 52.3 cm³/mol. The van der Waals surface area contributed by atoms with Crippen LogP contribution in [0.5, 0.6) is 0 Å². The molecule has 2 rings (SSSR count). The molecule has 1 fully saturated rings. The molecule has 13 heavy (non-hydrogen) atoms. The monoisotopic (exact) mass is 179 g/mol. The Morgan fingerprint density at radius 3 is 2.92 bits per heavy atom. The van der Waals surface area contributed by atoms with Gasteiger partial charge in [-0.3, -0.25) is 4.79 Å². The lowest BCUT2D eigenvalue weighted by Crippen LogP contribution is -2.34. The highest BCUT2D eigenvalue weighted by atomic mass is 16.2. The number of hydrogen-bond acceptors (Lipinski definition) is 1. The van der Waals surface area contributed by atoms with E-state index in [0.29, 0.717) is 5.91 Å². The van der Waals surface area contributed by atoms with Crippen molar-refractivity contribution < 1.29 is 4.79 Å². The minimum Gasteiger partial charge on any atom is -0.339 e. The van der Waals surface area contributed by atoms with Crippen LogP contribution >= 0.6 is 0 Å². The average molecular weight is 179 g/mol. The Morgan fingerprint density at radius 2 is 2.38 bits per heavy atom. The molecule has 0 saturated heterocycles. The van der Waals surface area contributed by atoms with Crippen molar-refractivity contribution in [1.29, 1.82) is 0 Å². The van der Waals surface area contributed by atoms with E-state index in [4.69, 9.17) is 0 Å². The third kappa shape index (κ3) is 2.33. The van der Waals surface area contributed by atoms with Gasteiger partial charge in [-0.15, -0.1) is 0 Å². The molecule has 2 heteroatoms. The van der Waals surface area contributed by atoms with Gasteiger partial charge in [-0.05, 0) is 32.1 Å². The van der Waals surface area contributed by atoms with Gasteiger partial charge >= 0.3 is 0 Å². The predicted octanol–water partition coefficient (Wildman–Crippen LogP) is 1.97. The third-order valence-corrected chi connectivity index (χ3v) is 2.95. The van der Waals surface area contributed by atoms with E-state index in [1.54, 1.807) is 0 Å². The van der Waals surface area contributed by atoms with E-state index in [0.717, 1.165) is 31.8 Å². The van der Waals surface area contributed by atoms with Gasteiger partial charge in [0.15, 0.2) is 0 Å². The van der Waals surface area contributed by atoms with Crippen LogP contribution in [-0.4, -0.2) is 23.9 Å². The van der Waals surface area contributed by atoms with E-state index in [-0.39, 0.29) is 0 Å². The van der Waals surface area contributed by atoms with Gasteiger partial charge in [-0.2, -0.15) is 0 Å². The Morgan fingerprint density at radius 1 is 1.62 bits per heavy atom. The molecule has 0 N–H and O–H groups in total. The SMILES string of the molecule is CC1=CCN(C(=O)CC2CC2)CC1. The van der Waals surface area contributed by atoms with Gasteiger partial charge in [0.25, 0.3) is 0 Å². The quantitative estimate of drug-likeness (QED) is 0.593. The fraction of sp³-hybridized carbons (Fsp3) is 0.727. The van der Waals surface area contributed by atoms with Crippen LogP contribution in [-0.2, 0) is 4.79 Å². The molecule has 1 heterocycles. The molecule has 72 valence electrons. The lowest BCUT2D eigenvalue weighted by Gasteiger charge is -2.25. The minimum atomic E-state index is 0.367. The Hall–Kier alpha value is -0.790. The summed E-state index contributed by atoms with van der Waals surface area (Å²) >= 11 is 0. The van der Waals surface area contributed by atoms with Gasteiger partial charge in [0.05, 0.1) is 0 Å². The molecule has 1 amide bonds. The van der Waals surface area contributed by atoms with E-state index < -0.39 is 0 Å². The second-order valence-electron chi connectivity index (χ2n) is 4.29. The van der Waals surface area contributed by atoms with Crippen LogP contribution in [0.2, 0.25) is 0 Å². The largest absolute Gasteiger partial charge is 0.339 e. The van der Waals surface area contributed by atoms with Gasteiger partial charge < -0.3 is 4.90 Å². The molecule has 2 aliphatic rings. The van der Waals surface area contributed by atoms with Crippen molar-refractivity contribution in [2.45, 2.75) is 32.6 Å². The zero-order valence-electron chi connectivity index (χ0n) is 8.25. The summed E-state index contributed by atoms with van der Waals surface area (Å²) < 4.78 is 0. The molecule has 0 aromatic carbocycles. The molecule has 0 atom stereocenters. The number of carbonyl (C=O) groups excluding carboxylic acids is 1. The lowest BCUT2D eigenvalue weighted by atomic mass is 10.1. The molecule has 1 aliphatic heterocycles. The first-order chi connectivity index (χ1) is 6.25. The number of nitrogens with zero attached hydrogens (tertiary/aromatic N) is 1. The smallest absolute Gasteiger partial charge is 0.223 e. The Labute approximate surface area is 79.6 Å². The molecular weight excluding hydrogens is 162 g/mol. The average Bonchev–Trinajstić information content (AvgIpc) is 2.89. The first kappa shape index (κ1) is 8.79. The molecule has 1 aliphatic carbocycles. The van der Waals surface area contributed by atoms with Gasteiger partial charge in [0.2, 0.25) is 5.91 Å². The maximum atomic E-state index is 11.7. The molecule has 1 saturated carbocycles. The highest BCUT2D eigenvalue weighted by Crippen LogP contribution is 2.33. The van der Waals surface area contributed by atoms with E-state index in [1.165, 1.54) is 18.4 Å². The summed E-state index contributed by atoms with van der Waals surface area (Å²) in [5, 5.41) is 0. The third-order valence-electron chi connectivity index (χ3n) is 2.95. The molecule has 0 aromatic rings. The summed E-state index contributed by atoms with van der Waals surface area (Å²) in [6.07, 6.45) is 6.58. The van der Waals surface area contributed by atoms with Crippen LogP contribution in [0.25, 0.3) is 0 Å². The Kier molecular flexibility index (Phi) is 2.38. The maximum Gasteiger partial charge on any atom is 0.223 e. The zero-order chi connectivity index (χ0) is 9.26. The highest BCUT2D eigenvalue weighted by Gasteiger charge is 2.27. The lowest BCUT2D eigenvalue weighted by molar-refractivity contribution is -0.131. The van der Waals surface area contributed by atoms with Crippen LogP contribution in [0.1, 0.15) is 32.6 Å². The molecule has 0 spiro atoms. The summed E-state index contributed by atoms with van der Waals surface area (Å²) in [7, 11) is 0. The second kappa shape index (κ2) is 3.52. The summed E-state index contributed by atoms with van der Waals surface area (Å²) in [4.78, 5) is 13.6. The van der Waals surface area contributed by atoms with E-state index in [9.17, 15) is 4.79 Å². The summed E-state index contributed by atoms with van der Waals surface area (Å²) in [5.74, 6) is 1.09.